The quantitative estimate of drug-likeness (QED) is 0.686. The number of nitrogens with zero attached hydrogens (tertiary/aromatic N) is 2. The van der Waals surface area contributed by atoms with E-state index in [2.05, 4.69) is 15.5 Å². The van der Waals surface area contributed by atoms with E-state index in [1.165, 1.54) is 6.07 Å². The largest absolute Gasteiger partial charge is 0.411 e. The van der Waals surface area contributed by atoms with Crippen LogP contribution in [-0.2, 0) is 4.79 Å². The Kier molecular flexibility index (Phi) is 5.12. The maximum absolute atomic E-state index is 13.7. The Hall–Kier alpha value is -2.38. The molecule has 2 aromatic carbocycles. The van der Waals surface area contributed by atoms with Gasteiger partial charge in [-0.2, -0.15) is 0 Å². The third-order valence-electron chi connectivity index (χ3n) is 2.95. The molecule has 0 fully saturated rings. The summed E-state index contributed by atoms with van der Waals surface area (Å²) in [6.45, 7) is 0. The molecule has 1 heterocycles. The number of thioether (sulfide) groups is 1. The molecule has 1 aromatic heterocycles. The molecule has 0 unspecified atom stereocenters. The van der Waals surface area contributed by atoms with Crippen LogP contribution in [0.2, 0.25) is 5.02 Å². The minimum Gasteiger partial charge on any atom is -0.411 e. The minimum absolute atomic E-state index is 0.0748. The zero-order valence-corrected chi connectivity index (χ0v) is 13.8. The lowest BCUT2D eigenvalue weighted by Crippen LogP contribution is -2.13. The van der Waals surface area contributed by atoms with Gasteiger partial charge in [-0.05, 0) is 30.3 Å². The van der Waals surface area contributed by atoms with E-state index in [1.54, 1.807) is 42.5 Å². The number of benzene rings is 2. The number of rotatable bonds is 5. The van der Waals surface area contributed by atoms with Gasteiger partial charge in [-0.3, -0.25) is 4.79 Å². The summed E-state index contributed by atoms with van der Waals surface area (Å²) >= 11 is 6.92. The van der Waals surface area contributed by atoms with Crippen molar-refractivity contribution in [2.45, 2.75) is 5.22 Å². The fourth-order valence-electron chi connectivity index (χ4n) is 1.90. The van der Waals surface area contributed by atoms with E-state index in [9.17, 15) is 9.18 Å². The van der Waals surface area contributed by atoms with Gasteiger partial charge in [-0.25, -0.2) is 4.39 Å². The molecule has 5 nitrogen and oxygen atoms in total. The molecule has 0 atom stereocenters. The van der Waals surface area contributed by atoms with Gasteiger partial charge in [-0.15, -0.1) is 10.2 Å². The van der Waals surface area contributed by atoms with Gasteiger partial charge in [-0.1, -0.05) is 41.6 Å². The van der Waals surface area contributed by atoms with Crippen molar-refractivity contribution in [3.63, 3.8) is 0 Å². The lowest BCUT2D eigenvalue weighted by atomic mass is 10.2. The van der Waals surface area contributed by atoms with Gasteiger partial charge in [0.2, 0.25) is 5.91 Å². The molecule has 0 aliphatic heterocycles. The van der Waals surface area contributed by atoms with Gasteiger partial charge in [0.25, 0.3) is 11.1 Å². The summed E-state index contributed by atoms with van der Waals surface area (Å²) in [5, 5.41) is 11.0. The molecule has 1 amide bonds. The molecule has 0 aliphatic rings. The minimum atomic E-state index is -0.448. The van der Waals surface area contributed by atoms with Crippen molar-refractivity contribution in [2.24, 2.45) is 0 Å². The summed E-state index contributed by atoms with van der Waals surface area (Å²) in [4.78, 5) is 11.9. The molecule has 122 valence electrons. The predicted octanol–water partition coefficient (Wildman–Crippen LogP) is 4.26. The Bertz CT molecular complexity index is 872. The lowest BCUT2D eigenvalue weighted by Gasteiger charge is -2.03. The van der Waals surface area contributed by atoms with Gasteiger partial charge in [0.05, 0.1) is 11.3 Å². The van der Waals surface area contributed by atoms with Crippen molar-refractivity contribution in [1.29, 1.82) is 0 Å². The topological polar surface area (TPSA) is 68.0 Å². The normalized spacial score (nSPS) is 10.6. The first-order chi connectivity index (χ1) is 11.6. The number of halogens is 2. The van der Waals surface area contributed by atoms with Crippen molar-refractivity contribution in [1.82, 2.24) is 10.2 Å². The number of carbonyl (C=O) groups excluding carboxylic acids is 1. The number of carbonyl (C=O) groups is 1. The van der Waals surface area contributed by atoms with Crippen LogP contribution in [0.15, 0.2) is 58.2 Å². The molecule has 0 saturated heterocycles. The zero-order chi connectivity index (χ0) is 16.9. The first kappa shape index (κ1) is 16.5. The summed E-state index contributed by atoms with van der Waals surface area (Å²) in [7, 11) is 0. The van der Waals surface area contributed by atoms with Crippen LogP contribution in [0.1, 0.15) is 0 Å². The fraction of sp³-hybridized carbons (Fsp3) is 0.0625. The van der Waals surface area contributed by atoms with E-state index >= 15 is 0 Å². The fourth-order valence-corrected chi connectivity index (χ4v) is 2.66. The van der Waals surface area contributed by atoms with E-state index in [0.29, 0.717) is 10.7 Å². The summed E-state index contributed by atoms with van der Waals surface area (Å²) in [5.74, 6) is -0.541. The van der Waals surface area contributed by atoms with Crippen molar-refractivity contribution >= 4 is 35.0 Å². The van der Waals surface area contributed by atoms with Crippen LogP contribution >= 0.6 is 23.4 Å². The molecular formula is C16H11ClFN3O2S. The highest BCUT2D eigenvalue weighted by molar-refractivity contribution is 7.99. The molecule has 0 spiro atoms. The third-order valence-corrected chi connectivity index (χ3v) is 4.00. The highest BCUT2D eigenvalue weighted by atomic mass is 35.5. The second kappa shape index (κ2) is 7.46. The van der Waals surface area contributed by atoms with Crippen molar-refractivity contribution < 1.29 is 13.6 Å². The van der Waals surface area contributed by atoms with Gasteiger partial charge in [0.15, 0.2) is 0 Å². The van der Waals surface area contributed by atoms with Crippen LogP contribution in [0.3, 0.4) is 0 Å². The first-order valence-corrected chi connectivity index (χ1v) is 8.25. The van der Waals surface area contributed by atoms with Crippen molar-refractivity contribution in [2.75, 3.05) is 11.1 Å². The number of anilines is 1. The van der Waals surface area contributed by atoms with Crippen LogP contribution in [0.4, 0.5) is 10.1 Å². The highest BCUT2D eigenvalue weighted by Crippen LogP contribution is 2.25. The van der Waals surface area contributed by atoms with Gasteiger partial charge in [0.1, 0.15) is 5.82 Å². The smallest absolute Gasteiger partial charge is 0.277 e. The van der Waals surface area contributed by atoms with Crippen LogP contribution in [-0.4, -0.2) is 21.9 Å². The molecule has 3 aromatic rings. The third kappa shape index (κ3) is 4.12. The number of hydrogen-bond donors (Lipinski definition) is 1. The van der Waals surface area contributed by atoms with E-state index in [0.717, 1.165) is 11.8 Å². The zero-order valence-electron chi connectivity index (χ0n) is 12.2. The Labute approximate surface area is 146 Å². The summed E-state index contributed by atoms with van der Waals surface area (Å²) < 4.78 is 19.0. The SMILES string of the molecule is O=C(CSc1nnc(-c2ccccc2F)o1)Nc1cccc(Cl)c1. The van der Waals surface area contributed by atoms with E-state index in [-0.39, 0.29) is 28.3 Å². The van der Waals surface area contributed by atoms with Gasteiger partial charge >= 0.3 is 0 Å². The molecule has 8 heteroatoms. The number of nitrogens with one attached hydrogen (secondary N) is 1. The molecule has 3 rings (SSSR count). The van der Waals surface area contributed by atoms with E-state index in [1.807, 2.05) is 0 Å². The highest BCUT2D eigenvalue weighted by Gasteiger charge is 2.14. The Balaban J connectivity index is 1.59. The van der Waals surface area contributed by atoms with Gasteiger partial charge < -0.3 is 9.73 Å². The Morgan fingerprint density at radius 1 is 1.21 bits per heavy atom. The monoisotopic (exact) mass is 363 g/mol. The number of aromatic nitrogens is 2. The number of amides is 1. The molecule has 24 heavy (non-hydrogen) atoms. The van der Waals surface area contributed by atoms with Crippen molar-refractivity contribution in [3.8, 4) is 11.5 Å². The number of hydrogen-bond acceptors (Lipinski definition) is 5. The molecule has 0 radical (unpaired) electrons. The summed E-state index contributed by atoms with van der Waals surface area (Å²) in [6.07, 6.45) is 0. The standard InChI is InChI=1S/C16H11ClFN3O2S/c17-10-4-3-5-11(8-10)19-14(22)9-24-16-21-20-15(23-16)12-6-1-2-7-13(12)18/h1-8H,9H2,(H,19,22). The van der Waals surface area contributed by atoms with Crippen LogP contribution < -0.4 is 5.32 Å². The maximum Gasteiger partial charge on any atom is 0.277 e. The molecular weight excluding hydrogens is 353 g/mol. The summed E-state index contributed by atoms with van der Waals surface area (Å²) in [6, 6.07) is 12.9. The molecule has 1 N–H and O–H groups in total. The second-order valence-electron chi connectivity index (χ2n) is 4.70. The van der Waals surface area contributed by atoms with Crippen LogP contribution in [0.25, 0.3) is 11.5 Å². The maximum atomic E-state index is 13.7. The average Bonchev–Trinajstić information content (AvgIpc) is 3.02. The first-order valence-electron chi connectivity index (χ1n) is 6.88. The average molecular weight is 364 g/mol. The van der Waals surface area contributed by atoms with Crippen LogP contribution in [0, 0.1) is 5.82 Å². The lowest BCUT2D eigenvalue weighted by molar-refractivity contribution is -0.113. The van der Waals surface area contributed by atoms with E-state index < -0.39 is 5.82 Å². The molecule has 0 saturated carbocycles. The Morgan fingerprint density at radius 3 is 2.83 bits per heavy atom. The Morgan fingerprint density at radius 2 is 2.04 bits per heavy atom. The van der Waals surface area contributed by atoms with Crippen LogP contribution in [0.5, 0.6) is 0 Å². The summed E-state index contributed by atoms with van der Waals surface area (Å²) in [5.41, 5.74) is 0.825. The molecule has 0 aliphatic carbocycles. The predicted molar refractivity (Wildman–Crippen MR) is 90.5 cm³/mol. The van der Waals surface area contributed by atoms with E-state index in [4.69, 9.17) is 16.0 Å². The van der Waals surface area contributed by atoms with Gasteiger partial charge in [0, 0.05) is 10.7 Å². The molecule has 0 bridgehead atoms. The second-order valence-corrected chi connectivity index (χ2v) is 6.06. The van der Waals surface area contributed by atoms with Crippen molar-refractivity contribution in [3.05, 3.63) is 59.4 Å².